The number of hydrogen-bond donors (Lipinski definition) is 0. The highest BCUT2D eigenvalue weighted by atomic mass is 127. The lowest BCUT2D eigenvalue weighted by molar-refractivity contribution is -0.142. The van der Waals surface area contributed by atoms with Crippen LogP contribution in [0.3, 0.4) is 0 Å². The standard InChI is InChI=1S/C32H41ClNO4.HI/c1-34(2,3)28-16-14-26(15-17-28)24-32(35)37-23-11-7-5-4-6-10-22-36-29-18-20-30(21-19-29)38-25-27-12-8-9-13-31(27)33;/h8-9,12-21H,4-7,10-11,22-25H2,1-3H3;1H/q+1;/p-1. The summed E-state index contributed by atoms with van der Waals surface area (Å²) in [6, 6.07) is 23.6. The molecule has 7 heteroatoms. The molecule has 0 saturated carbocycles. The van der Waals surface area contributed by atoms with E-state index in [1.165, 1.54) is 5.69 Å². The molecule has 0 spiro atoms. The average molecular weight is 666 g/mol. The number of rotatable bonds is 16. The Hall–Kier alpha value is -2.29. The van der Waals surface area contributed by atoms with Gasteiger partial charge in [-0.3, -0.25) is 9.28 Å². The largest absolute Gasteiger partial charge is 1.00 e. The molecule has 0 amide bonds. The van der Waals surface area contributed by atoms with Crippen LogP contribution in [-0.2, 0) is 22.6 Å². The Kier molecular flexibility index (Phi) is 14.7. The third-order valence-electron chi connectivity index (χ3n) is 6.31. The highest BCUT2D eigenvalue weighted by molar-refractivity contribution is 6.31. The molecule has 3 aromatic carbocycles. The van der Waals surface area contributed by atoms with Gasteiger partial charge < -0.3 is 38.2 Å². The van der Waals surface area contributed by atoms with Gasteiger partial charge in [0.15, 0.2) is 0 Å². The van der Waals surface area contributed by atoms with E-state index >= 15 is 0 Å². The molecule has 0 aromatic heterocycles. The smallest absolute Gasteiger partial charge is 0.310 e. The summed E-state index contributed by atoms with van der Waals surface area (Å²) in [4.78, 5) is 12.1. The van der Waals surface area contributed by atoms with E-state index in [0.717, 1.165) is 65.6 Å². The van der Waals surface area contributed by atoms with Crippen LogP contribution < -0.4 is 37.9 Å². The van der Waals surface area contributed by atoms with Crippen molar-refractivity contribution in [3.05, 3.63) is 88.9 Å². The van der Waals surface area contributed by atoms with E-state index in [4.69, 9.17) is 25.8 Å². The van der Waals surface area contributed by atoms with Crippen LogP contribution in [0.4, 0.5) is 5.69 Å². The molecule has 39 heavy (non-hydrogen) atoms. The topological polar surface area (TPSA) is 44.8 Å². The van der Waals surface area contributed by atoms with Crippen molar-refractivity contribution in [2.24, 2.45) is 0 Å². The van der Waals surface area contributed by atoms with Gasteiger partial charge in [-0.15, -0.1) is 0 Å². The van der Waals surface area contributed by atoms with E-state index in [0.29, 0.717) is 31.3 Å². The molecule has 0 unspecified atom stereocenters. The first-order valence-electron chi connectivity index (χ1n) is 13.5. The van der Waals surface area contributed by atoms with Crippen LogP contribution in [-0.4, -0.2) is 40.3 Å². The van der Waals surface area contributed by atoms with E-state index < -0.39 is 0 Å². The summed E-state index contributed by atoms with van der Waals surface area (Å²) in [5.74, 6) is 1.48. The van der Waals surface area contributed by atoms with Crippen LogP contribution in [0.5, 0.6) is 11.5 Å². The van der Waals surface area contributed by atoms with Crippen LogP contribution >= 0.6 is 11.6 Å². The molecule has 0 aliphatic carbocycles. The van der Waals surface area contributed by atoms with Crippen LogP contribution in [0.25, 0.3) is 0 Å². The van der Waals surface area contributed by atoms with Crippen LogP contribution in [0.15, 0.2) is 72.8 Å². The lowest BCUT2D eigenvalue weighted by Gasteiger charge is -2.23. The Labute approximate surface area is 256 Å². The Morgan fingerprint density at radius 1 is 0.718 bits per heavy atom. The van der Waals surface area contributed by atoms with Crippen molar-refractivity contribution in [1.29, 1.82) is 0 Å². The van der Waals surface area contributed by atoms with Gasteiger partial charge in [0.25, 0.3) is 0 Å². The lowest BCUT2D eigenvalue weighted by atomic mass is 10.1. The van der Waals surface area contributed by atoms with Gasteiger partial charge in [-0.05, 0) is 60.9 Å². The SMILES string of the molecule is C[N+](C)(C)c1ccc(CC(=O)OCCCCCCCCOc2ccc(OCc3ccccc3Cl)cc2)cc1.[I-]. The molecule has 0 heterocycles. The van der Waals surface area contributed by atoms with Gasteiger partial charge in [0.2, 0.25) is 0 Å². The van der Waals surface area contributed by atoms with Crippen molar-refractivity contribution in [3.8, 4) is 11.5 Å². The van der Waals surface area contributed by atoms with Crippen molar-refractivity contribution in [2.75, 3.05) is 34.4 Å². The summed E-state index contributed by atoms with van der Waals surface area (Å²) < 4.78 is 17.8. The predicted octanol–water partition coefficient (Wildman–Crippen LogP) is 4.63. The van der Waals surface area contributed by atoms with E-state index in [2.05, 4.69) is 33.3 Å². The van der Waals surface area contributed by atoms with Crippen molar-refractivity contribution < 1.29 is 43.0 Å². The van der Waals surface area contributed by atoms with Crippen molar-refractivity contribution in [2.45, 2.75) is 51.6 Å². The molecule has 5 nitrogen and oxygen atoms in total. The highest BCUT2D eigenvalue weighted by Gasteiger charge is 2.12. The molecule has 0 atom stereocenters. The number of hydrogen-bond acceptors (Lipinski definition) is 4. The highest BCUT2D eigenvalue weighted by Crippen LogP contribution is 2.22. The minimum absolute atomic E-state index is 0. The zero-order valence-electron chi connectivity index (χ0n) is 23.3. The molecule has 3 aromatic rings. The average Bonchev–Trinajstić information content (AvgIpc) is 2.90. The molecular formula is C32H41ClINO4. The van der Waals surface area contributed by atoms with Gasteiger partial charge in [0, 0.05) is 10.6 Å². The summed E-state index contributed by atoms with van der Waals surface area (Å²) in [5, 5.41) is 0.712. The molecule has 212 valence electrons. The first kappa shape index (κ1) is 32.9. The molecule has 0 saturated heterocycles. The number of carbonyl (C=O) groups is 1. The second-order valence-electron chi connectivity index (χ2n) is 10.4. The fourth-order valence-corrected chi connectivity index (χ4v) is 4.16. The second kappa shape index (κ2) is 17.4. The van der Waals surface area contributed by atoms with Gasteiger partial charge in [-0.1, -0.05) is 67.6 Å². The minimum Gasteiger partial charge on any atom is -1.00 e. The Balaban J connectivity index is 0.00000533. The second-order valence-corrected chi connectivity index (χ2v) is 10.8. The zero-order valence-corrected chi connectivity index (χ0v) is 26.2. The first-order valence-corrected chi connectivity index (χ1v) is 13.8. The normalized spacial score (nSPS) is 11.0. The number of nitrogens with zero attached hydrogens (tertiary/aromatic N) is 1. The lowest BCUT2D eigenvalue weighted by Crippen LogP contribution is -3.00. The molecule has 0 fully saturated rings. The Morgan fingerprint density at radius 2 is 1.28 bits per heavy atom. The third kappa shape index (κ3) is 12.6. The fourth-order valence-electron chi connectivity index (χ4n) is 3.97. The van der Waals surface area contributed by atoms with E-state index in [9.17, 15) is 4.79 Å². The zero-order chi connectivity index (χ0) is 27.2. The van der Waals surface area contributed by atoms with Gasteiger partial charge in [0.1, 0.15) is 23.8 Å². The Morgan fingerprint density at radius 3 is 1.90 bits per heavy atom. The first-order chi connectivity index (χ1) is 18.3. The third-order valence-corrected chi connectivity index (χ3v) is 6.67. The van der Waals surface area contributed by atoms with Crippen molar-refractivity contribution in [3.63, 3.8) is 0 Å². The van der Waals surface area contributed by atoms with E-state index in [-0.39, 0.29) is 29.9 Å². The van der Waals surface area contributed by atoms with Gasteiger partial charge >= 0.3 is 5.97 Å². The van der Waals surface area contributed by atoms with Gasteiger partial charge in [-0.2, -0.15) is 0 Å². The maximum Gasteiger partial charge on any atom is 0.310 e. The number of ether oxygens (including phenoxy) is 3. The molecule has 0 N–H and O–H groups in total. The molecule has 0 aliphatic rings. The number of benzene rings is 3. The number of halogens is 2. The molecule has 0 bridgehead atoms. The molecule has 0 aliphatic heterocycles. The van der Waals surface area contributed by atoms with Gasteiger partial charge in [-0.25, -0.2) is 0 Å². The number of unbranched alkanes of at least 4 members (excludes halogenated alkanes) is 5. The maximum atomic E-state index is 12.1. The van der Waals surface area contributed by atoms with Crippen molar-refractivity contribution in [1.82, 2.24) is 4.48 Å². The summed E-state index contributed by atoms with van der Waals surface area (Å²) in [6.45, 7) is 1.64. The minimum atomic E-state index is -0.152. The van der Waals surface area contributed by atoms with E-state index in [1.807, 2.05) is 60.7 Å². The van der Waals surface area contributed by atoms with Gasteiger partial charge in [0.05, 0.1) is 40.8 Å². The quantitative estimate of drug-likeness (QED) is 0.0970. The maximum absolute atomic E-state index is 12.1. The molecule has 3 rings (SSSR count). The van der Waals surface area contributed by atoms with E-state index in [1.54, 1.807) is 0 Å². The van der Waals surface area contributed by atoms with Crippen molar-refractivity contribution >= 4 is 23.3 Å². The summed E-state index contributed by atoms with van der Waals surface area (Å²) >= 11 is 6.17. The Bertz CT molecular complexity index is 1110. The fraction of sp³-hybridized carbons (Fsp3) is 0.406. The summed E-state index contributed by atoms with van der Waals surface area (Å²) in [6.07, 6.45) is 6.76. The molecular weight excluding hydrogens is 625 g/mol. The number of esters is 1. The number of quaternary nitrogens is 1. The van der Waals surface area contributed by atoms with Crippen LogP contribution in [0.1, 0.15) is 49.7 Å². The predicted molar refractivity (Wildman–Crippen MR) is 156 cm³/mol. The van der Waals surface area contributed by atoms with Crippen LogP contribution in [0.2, 0.25) is 5.02 Å². The van der Waals surface area contributed by atoms with Crippen LogP contribution in [0, 0.1) is 0 Å². The monoisotopic (exact) mass is 665 g/mol. The summed E-state index contributed by atoms with van der Waals surface area (Å²) in [5.41, 5.74) is 3.17. The summed E-state index contributed by atoms with van der Waals surface area (Å²) in [7, 11) is 6.37. The number of carbonyl (C=O) groups excluding carboxylic acids is 1. The molecule has 0 radical (unpaired) electrons.